The minimum atomic E-state index is -0.318. The molecule has 0 saturated heterocycles. The molecule has 0 aliphatic rings. The molecule has 3 aromatic carbocycles. The summed E-state index contributed by atoms with van der Waals surface area (Å²) in [5.41, 5.74) is 4.04. The fraction of sp³-hybridized carbons (Fsp3) is 0.0385. The zero-order chi connectivity index (χ0) is 22.5. The van der Waals surface area contributed by atoms with E-state index >= 15 is 0 Å². The van der Waals surface area contributed by atoms with Gasteiger partial charge in [0.05, 0.1) is 11.9 Å². The number of ketones is 1. The van der Waals surface area contributed by atoms with Gasteiger partial charge >= 0.3 is 0 Å². The van der Waals surface area contributed by atoms with Crippen molar-refractivity contribution in [3.8, 4) is 11.3 Å². The quantitative estimate of drug-likeness (QED) is 0.345. The lowest BCUT2D eigenvalue weighted by Gasteiger charge is -2.05. The van der Waals surface area contributed by atoms with Crippen molar-refractivity contribution in [2.24, 2.45) is 7.05 Å². The summed E-state index contributed by atoms with van der Waals surface area (Å²) >= 11 is 0. The summed E-state index contributed by atoms with van der Waals surface area (Å²) < 4.78 is 14.9. The molecule has 32 heavy (non-hydrogen) atoms. The van der Waals surface area contributed by atoms with Crippen LogP contribution >= 0.6 is 0 Å². The van der Waals surface area contributed by atoms with Gasteiger partial charge in [-0.1, -0.05) is 30.3 Å². The second-order valence-corrected chi connectivity index (χ2v) is 7.17. The average Bonchev–Trinajstić information content (AvgIpc) is 3.19. The van der Waals surface area contributed by atoms with Gasteiger partial charge in [-0.25, -0.2) is 4.39 Å². The summed E-state index contributed by atoms with van der Waals surface area (Å²) in [5, 5.41) is 7.01. The maximum atomic E-state index is 13.2. The zero-order valence-electron chi connectivity index (χ0n) is 17.3. The molecule has 1 heterocycles. The van der Waals surface area contributed by atoms with Gasteiger partial charge in [0.2, 0.25) is 5.91 Å². The molecule has 0 aliphatic heterocycles. The predicted octanol–water partition coefficient (Wildman–Crippen LogP) is 5.11. The summed E-state index contributed by atoms with van der Waals surface area (Å²) in [5.74, 6) is -0.710. The second kappa shape index (κ2) is 9.22. The third-order valence-electron chi connectivity index (χ3n) is 4.95. The number of carbonyl (C=O) groups is 2. The van der Waals surface area contributed by atoms with Crippen LogP contribution in [0.25, 0.3) is 17.3 Å². The van der Waals surface area contributed by atoms with E-state index in [0.717, 1.165) is 16.8 Å². The van der Waals surface area contributed by atoms with Gasteiger partial charge in [0.15, 0.2) is 5.78 Å². The maximum Gasteiger partial charge on any atom is 0.248 e. The van der Waals surface area contributed by atoms with Gasteiger partial charge in [0, 0.05) is 41.1 Å². The standard InChI is InChI=1S/C26H20FN3O2/c1-30-25(18-7-12-22(27)13-8-18)21(17-28-30)11-16-24(31)29-23-14-9-20(10-15-23)26(32)19-5-3-2-4-6-19/h2-17H,1H3,(H,29,31). The van der Waals surface area contributed by atoms with E-state index in [1.165, 1.54) is 18.2 Å². The van der Waals surface area contributed by atoms with Crippen LogP contribution < -0.4 is 5.32 Å². The number of nitrogens with one attached hydrogen (secondary N) is 1. The number of aryl methyl sites for hydroxylation is 1. The first-order valence-electron chi connectivity index (χ1n) is 9.98. The lowest BCUT2D eigenvalue weighted by Crippen LogP contribution is -2.08. The molecule has 1 aromatic heterocycles. The molecule has 0 aliphatic carbocycles. The van der Waals surface area contributed by atoms with E-state index in [1.54, 1.807) is 72.5 Å². The Labute approximate surface area is 184 Å². The van der Waals surface area contributed by atoms with Crippen LogP contribution in [0, 0.1) is 5.82 Å². The van der Waals surface area contributed by atoms with Gasteiger partial charge in [-0.05, 0) is 54.6 Å². The van der Waals surface area contributed by atoms with Gasteiger partial charge in [-0.2, -0.15) is 5.10 Å². The Kier molecular flexibility index (Phi) is 6.03. The molecule has 1 N–H and O–H groups in total. The lowest BCUT2D eigenvalue weighted by atomic mass is 10.0. The van der Waals surface area contributed by atoms with Crippen LogP contribution in [0.2, 0.25) is 0 Å². The summed E-state index contributed by atoms with van der Waals surface area (Å²) in [6, 6.07) is 21.9. The lowest BCUT2D eigenvalue weighted by molar-refractivity contribution is -0.111. The van der Waals surface area contributed by atoms with Crippen molar-refractivity contribution in [3.63, 3.8) is 0 Å². The van der Waals surface area contributed by atoms with Gasteiger partial charge in [0.1, 0.15) is 5.82 Å². The van der Waals surface area contributed by atoms with E-state index in [0.29, 0.717) is 16.8 Å². The van der Waals surface area contributed by atoms with E-state index in [-0.39, 0.29) is 17.5 Å². The predicted molar refractivity (Wildman–Crippen MR) is 123 cm³/mol. The third-order valence-corrected chi connectivity index (χ3v) is 4.95. The Morgan fingerprint density at radius 2 is 1.56 bits per heavy atom. The second-order valence-electron chi connectivity index (χ2n) is 7.17. The van der Waals surface area contributed by atoms with Gasteiger partial charge < -0.3 is 5.32 Å². The van der Waals surface area contributed by atoms with Crippen molar-refractivity contribution < 1.29 is 14.0 Å². The van der Waals surface area contributed by atoms with Crippen LogP contribution in [0.4, 0.5) is 10.1 Å². The van der Waals surface area contributed by atoms with Crippen molar-refractivity contribution in [2.75, 3.05) is 5.32 Å². The molecule has 0 spiro atoms. The monoisotopic (exact) mass is 425 g/mol. The fourth-order valence-corrected chi connectivity index (χ4v) is 3.35. The van der Waals surface area contributed by atoms with Crippen LogP contribution in [-0.4, -0.2) is 21.5 Å². The summed E-state index contributed by atoms with van der Waals surface area (Å²) in [7, 11) is 1.79. The highest BCUT2D eigenvalue weighted by atomic mass is 19.1. The molecule has 5 nitrogen and oxygen atoms in total. The Morgan fingerprint density at radius 3 is 2.25 bits per heavy atom. The minimum absolute atomic E-state index is 0.0757. The van der Waals surface area contributed by atoms with E-state index < -0.39 is 0 Å². The Hall–Kier alpha value is -4.32. The van der Waals surface area contributed by atoms with Crippen LogP contribution in [-0.2, 0) is 11.8 Å². The molecular formula is C26H20FN3O2. The molecule has 6 heteroatoms. The number of amides is 1. The number of halogens is 1. The smallest absolute Gasteiger partial charge is 0.248 e. The molecular weight excluding hydrogens is 405 g/mol. The number of hydrogen-bond donors (Lipinski definition) is 1. The first-order chi connectivity index (χ1) is 15.5. The van der Waals surface area contributed by atoms with Crippen molar-refractivity contribution >= 4 is 23.5 Å². The number of carbonyl (C=O) groups excluding carboxylic acids is 2. The summed E-state index contributed by atoms with van der Waals surface area (Å²) in [6.07, 6.45) is 4.72. The van der Waals surface area contributed by atoms with E-state index in [4.69, 9.17) is 0 Å². The summed E-state index contributed by atoms with van der Waals surface area (Å²) in [6.45, 7) is 0. The van der Waals surface area contributed by atoms with E-state index in [9.17, 15) is 14.0 Å². The van der Waals surface area contributed by atoms with Crippen LogP contribution in [0.5, 0.6) is 0 Å². The number of rotatable bonds is 6. The van der Waals surface area contributed by atoms with Crippen molar-refractivity contribution in [3.05, 3.63) is 114 Å². The number of aromatic nitrogens is 2. The molecule has 158 valence electrons. The first kappa shape index (κ1) is 20.9. The topological polar surface area (TPSA) is 64.0 Å². The zero-order valence-corrected chi connectivity index (χ0v) is 17.3. The molecule has 4 aromatic rings. The Balaban J connectivity index is 1.44. The summed E-state index contributed by atoms with van der Waals surface area (Å²) in [4.78, 5) is 24.9. The van der Waals surface area contributed by atoms with Crippen molar-refractivity contribution in [1.82, 2.24) is 9.78 Å². The Morgan fingerprint density at radius 1 is 0.906 bits per heavy atom. The van der Waals surface area contributed by atoms with Crippen LogP contribution in [0.3, 0.4) is 0 Å². The number of nitrogens with zero attached hydrogens (tertiary/aromatic N) is 2. The van der Waals surface area contributed by atoms with Crippen molar-refractivity contribution in [2.45, 2.75) is 0 Å². The highest BCUT2D eigenvalue weighted by Crippen LogP contribution is 2.24. The fourth-order valence-electron chi connectivity index (χ4n) is 3.35. The molecule has 0 radical (unpaired) electrons. The molecule has 0 bridgehead atoms. The highest BCUT2D eigenvalue weighted by molar-refractivity contribution is 6.09. The Bertz CT molecular complexity index is 1280. The van der Waals surface area contributed by atoms with Gasteiger partial charge in [0.25, 0.3) is 0 Å². The minimum Gasteiger partial charge on any atom is -0.323 e. The van der Waals surface area contributed by atoms with Crippen molar-refractivity contribution in [1.29, 1.82) is 0 Å². The third kappa shape index (κ3) is 4.70. The average molecular weight is 425 g/mol. The van der Waals surface area contributed by atoms with E-state index in [1.807, 2.05) is 18.2 Å². The van der Waals surface area contributed by atoms with Crippen LogP contribution in [0.15, 0.2) is 91.1 Å². The van der Waals surface area contributed by atoms with Gasteiger partial charge in [-0.15, -0.1) is 0 Å². The van der Waals surface area contributed by atoms with E-state index in [2.05, 4.69) is 10.4 Å². The molecule has 4 rings (SSSR count). The number of benzene rings is 3. The molecule has 1 amide bonds. The molecule has 0 unspecified atom stereocenters. The van der Waals surface area contributed by atoms with Crippen LogP contribution in [0.1, 0.15) is 21.5 Å². The normalized spacial score (nSPS) is 10.9. The highest BCUT2D eigenvalue weighted by Gasteiger charge is 2.11. The maximum absolute atomic E-state index is 13.2. The first-order valence-corrected chi connectivity index (χ1v) is 9.98. The largest absolute Gasteiger partial charge is 0.323 e. The van der Waals surface area contributed by atoms with Gasteiger partial charge in [-0.3, -0.25) is 14.3 Å². The molecule has 0 saturated carbocycles. The molecule has 0 fully saturated rings. The number of anilines is 1. The molecule has 0 atom stereocenters. The SMILES string of the molecule is Cn1ncc(C=CC(=O)Nc2ccc(C(=O)c3ccccc3)cc2)c1-c1ccc(F)cc1. The number of hydrogen-bond acceptors (Lipinski definition) is 3.